The van der Waals surface area contributed by atoms with Crippen LogP contribution in [0.1, 0.15) is 25.7 Å². The normalized spacial score (nSPS) is 22.4. The molecule has 5 rings (SSSR count). The third-order valence-electron chi connectivity index (χ3n) is 5.71. The summed E-state index contributed by atoms with van der Waals surface area (Å²) in [5.74, 6) is 1.09. The van der Waals surface area contributed by atoms with E-state index in [1.807, 2.05) is 29.2 Å². The van der Waals surface area contributed by atoms with Gasteiger partial charge in [-0.2, -0.15) is 4.98 Å². The number of rotatable bonds is 4. The molecule has 3 N–H and O–H groups in total. The number of aromatic nitrogens is 3. The third kappa shape index (κ3) is 3.92. The number of morpholine rings is 1. The van der Waals surface area contributed by atoms with Crippen LogP contribution >= 0.6 is 11.3 Å². The van der Waals surface area contributed by atoms with Crippen LogP contribution in [0.3, 0.4) is 0 Å². The Labute approximate surface area is 177 Å². The topological polar surface area (TPSA) is 103 Å². The minimum absolute atomic E-state index is 0.0775. The maximum Gasteiger partial charge on any atom is 0.264 e. The lowest BCUT2D eigenvalue weighted by atomic mass is 9.93. The van der Waals surface area contributed by atoms with Crippen molar-refractivity contribution in [2.75, 3.05) is 36.5 Å². The first kappa shape index (κ1) is 19.5. The molecular formula is C21H25N5O3S. The van der Waals surface area contributed by atoms with Gasteiger partial charge in [0.25, 0.3) is 5.56 Å². The zero-order valence-corrected chi connectivity index (χ0v) is 17.5. The number of anilines is 2. The van der Waals surface area contributed by atoms with Gasteiger partial charge in [0, 0.05) is 19.1 Å². The first-order valence-electron chi connectivity index (χ1n) is 10.4. The van der Waals surface area contributed by atoms with Crippen LogP contribution in [-0.2, 0) is 4.74 Å². The summed E-state index contributed by atoms with van der Waals surface area (Å²) in [7, 11) is 0. The van der Waals surface area contributed by atoms with Crippen molar-refractivity contribution in [1.82, 2.24) is 15.0 Å². The van der Waals surface area contributed by atoms with E-state index in [-0.39, 0.29) is 17.7 Å². The monoisotopic (exact) mass is 427 g/mol. The number of hydrogen-bond acceptors (Lipinski definition) is 8. The molecule has 2 fully saturated rings. The Morgan fingerprint density at radius 1 is 1.20 bits per heavy atom. The summed E-state index contributed by atoms with van der Waals surface area (Å²) in [4.78, 5) is 27.7. The fourth-order valence-electron chi connectivity index (χ4n) is 4.16. The average molecular weight is 428 g/mol. The molecule has 0 unspecified atom stereocenters. The van der Waals surface area contributed by atoms with Crippen LogP contribution < -0.4 is 15.8 Å². The number of hydrogen-bond donors (Lipinski definition) is 3. The highest BCUT2D eigenvalue weighted by atomic mass is 32.1. The van der Waals surface area contributed by atoms with Crippen LogP contribution in [0.25, 0.3) is 20.8 Å². The summed E-state index contributed by atoms with van der Waals surface area (Å²) in [6, 6.07) is 7.94. The minimum Gasteiger partial charge on any atom is -0.393 e. The van der Waals surface area contributed by atoms with Gasteiger partial charge in [-0.1, -0.05) is 12.1 Å². The summed E-state index contributed by atoms with van der Waals surface area (Å²) < 4.78 is 6.46. The van der Waals surface area contributed by atoms with Crippen molar-refractivity contribution < 1.29 is 9.84 Å². The van der Waals surface area contributed by atoms with Crippen LogP contribution in [0.5, 0.6) is 0 Å². The number of thiazole rings is 1. The van der Waals surface area contributed by atoms with Crippen molar-refractivity contribution in [3.8, 4) is 10.6 Å². The van der Waals surface area contributed by atoms with Gasteiger partial charge in [0.2, 0.25) is 5.95 Å². The zero-order valence-electron chi connectivity index (χ0n) is 16.6. The van der Waals surface area contributed by atoms with Crippen molar-refractivity contribution in [3.63, 3.8) is 0 Å². The van der Waals surface area contributed by atoms with E-state index in [9.17, 15) is 9.90 Å². The number of para-hydroxylation sites is 1. The van der Waals surface area contributed by atoms with Crippen LogP contribution in [0.4, 0.5) is 11.8 Å². The molecule has 1 aliphatic carbocycles. The number of aliphatic hydroxyl groups is 1. The van der Waals surface area contributed by atoms with Gasteiger partial charge < -0.3 is 20.1 Å². The first-order valence-corrected chi connectivity index (χ1v) is 11.3. The van der Waals surface area contributed by atoms with Crippen molar-refractivity contribution in [1.29, 1.82) is 0 Å². The van der Waals surface area contributed by atoms with E-state index in [4.69, 9.17) is 14.7 Å². The molecule has 1 aliphatic heterocycles. The Hall–Kier alpha value is -2.49. The molecule has 3 heterocycles. The number of aromatic amines is 1. The molecule has 158 valence electrons. The van der Waals surface area contributed by atoms with E-state index >= 15 is 0 Å². The quantitative estimate of drug-likeness (QED) is 0.588. The molecule has 2 aliphatic rings. The predicted molar refractivity (Wildman–Crippen MR) is 118 cm³/mol. The van der Waals surface area contributed by atoms with Gasteiger partial charge in [-0.05, 0) is 37.8 Å². The second-order valence-corrected chi connectivity index (χ2v) is 8.89. The second-order valence-electron chi connectivity index (χ2n) is 7.86. The molecule has 3 aromatic rings. The van der Waals surface area contributed by atoms with Crippen LogP contribution in [0, 0.1) is 0 Å². The maximum absolute atomic E-state index is 13.2. The number of benzene rings is 1. The summed E-state index contributed by atoms with van der Waals surface area (Å²) in [6.07, 6.45) is 3.06. The number of ether oxygens (including phenoxy) is 1. The van der Waals surface area contributed by atoms with E-state index < -0.39 is 0 Å². The molecule has 0 radical (unpaired) electrons. The molecule has 0 spiro atoms. The Bertz CT molecular complexity index is 1060. The van der Waals surface area contributed by atoms with Crippen molar-refractivity contribution >= 4 is 33.3 Å². The number of H-pyrrole nitrogens is 1. The lowest BCUT2D eigenvalue weighted by molar-refractivity contribution is 0.122. The van der Waals surface area contributed by atoms with Gasteiger partial charge >= 0.3 is 0 Å². The molecule has 9 heteroatoms. The summed E-state index contributed by atoms with van der Waals surface area (Å²) in [5, 5.41) is 14.2. The highest BCUT2D eigenvalue weighted by Gasteiger charge is 2.25. The van der Waals surface area contributed by atoms with Crippen molar-refractivity contribution in [2.24, 2.45) is 0 Å². The molecule has 1 saturated carbocycles. The predicted octanol–water partition coefficient (Wildman–Crippen LogP) is 2.60. The number of nitrogens with one attached hydrogen (secondary N) is 2. The molecule has 1 aromatic carbocycles. The fourth-order valence-corrected chi connectivity index (χ4v) is 5.17. The molecule has 8 nitrogen and oxygen atoms in total. The van der Waals surface area contributed by atoms with E-state index in [0.717, 1.165) is 29.5 Å². The molecule has 2 aromatic heterocycles. The summed E-state index contributed by atoms with van der Waals surface area (Å²) >= 11 is 1.49. The molecule has 0 amide bonds. The van der Waals surface area contributed by atoms with Gasteiger partial charge in [0.05, 0.1) is 29.5 Å². The highest BCUT2D eigenvalue weighted by molar-refractivity contribution is 7.21. The maximum atomic E-state index is 13.2. The number of fused-ring (bicyclic) bond motifs is 1. The average Bonchev–Trinajstić information content (AvgIpc) is 3.17. The van der Waals surface area contributed by atoms with Crippen molar-refractivity contribution in [2.45, 2.75) is 37.8 Å². The third-order valence-corrected chi connectivity index (χ3v) is 6.77. The highest BCUT2D eigenvalue weighted by Crippen LogP contribution is 2.33. The van der Waals surface area contributed by atoms with Crippen LogP contribution in [0.15, 0.2) is 29.1 Å². The Morgan fingerprint density at radius 2 is 2.03 bits per heavy atom. The van der Waals surface area contributed by atoms with Gasteiger partial charge in [0.1, 0.15) is 16.4 Å². The van der Waals surface area contributed by atoms with Crippen LogP contribution in [-0.4, -0.2) is 58.5 Å². The fraction of sp³-hybridized carbons (Fsp3) is 0.476. The van der Waals surface area contributed by atoms with Gasteiger partial charge in [-0.3, -0.25) is 9.78 Å². The minimum atomic E-state index is -0.317. The summed E-state index contributed by atoms with van der Waals surface area (Å²) in [6.45, 7) is 2.60. The lowest BCUT2D eigenvalue weighted by Crippen LogP contribution is -2.39. The Kier molecular flexibility index (Phi) is 5.41. The van der Waals surface area contributed by atoms with E-state index in [0.29, 0.717) is 55.1 Å². The smallest absolute Gasteiger partial charge is 0.264 e. The number of nitrogens with zero attached hydrogens (tertiary/aromatic N) is 3. The molecule has 0 bridgehead atoms. The zero-order chi connectivity index (χ0) is 20.5. The SMILES string of the molecule is O=c1[nH]c(N2CCOCC2)nc(N[C@@H]2CCC[C@@H](O)C2)c1-c1nc2ccccc2s1. The molecule has 2 atom stereocenters. The van der Waals surface area contributed by atoms with E-state index in [1.165, 1.54) is 11.3 Å². The molecule has 1 saturated heterocycles. The van der Waals surface area contributed by atoms with Crippen LogP contribution in [0.2, 0.25) is 0 Å². The van der Waals surface area contributed by atoms with E-state index in [2.05, 4.69) is 10.3 Å². The molecule has 30 heavy (non-hydrogen) atoms. The van der Waals surface area contributed by atoms with E-state index in [1.54, 1.807) is 0 Å². The Morgan fingerprint density at radius 3 is 2.83 bits per heavy atom. The Balaban J connectivity index is 1.57. The largest absolute Gasteiger partial charge is 0.393 e. The van der Waals surface area contributed by atoms with Gasteiger partial charge in [-0.25, -0.2) is 4.98 Å². The first-order chi connectivity index (χ1) is 14.7. The molecular weight excluding hydrogens is 402 g/mol. The standard InChI is InChI=1S/C21H25N5O3S/c27-14-5-3-4-13(12-14)22-18-17(20-23-15-6-1-2-7-16(15)30-20)19(28)25-21(24-18)26-8-10-29-11-9-26/h1-2,6-7,13-14,27H,3-5,8-12H2,(H2,22,24,25,28)/t13-,14-/m1/s1. The number of aliphatic hydroxyl groups excluding tert-OH is 1. The second kappa shape index (κ2) is 8.33. The lowest BCUT2D eigenvalue weighted by Gasteiger charge is -2.30. The van der Waals surface area contributed by atoms with Gasteiger partial charge in [-0.15, -0.1) is 11.3 Å². The summed E-state index contributed by atoms with van der Waals surface area (Å²) in [5.41, 5.74) is 1.13. The van der Waals surface area contributed by atoms with Gasteiger partial charge in [0.15, 0.2) is 0 Å². The van der Waals surface area contributed by atoms with Crippen molar-refractivity contribution in [3.05, 3.63) is 34.6 Å².